The molecule has 1 atom stereocenters. The van der Waals surface area contributed by atoms with E-state index >= 15 is 0 Å². The van der Waals surface area contributed by atoms with Crippen molar-refractivity contribution in [3.8, 4) is 11.5 Å². The molecule has 16 heavy (non-hydrogen) atoms. The largest absolute Gasteiger partial charge is 0.496 e. The first-order valence-electron chi connectivity index (χ1n) is 6.05. The maximum atomic E-state index is 5.49. The van der Waals surface area contributed by atoms with E-state index in [1.54, 1.807) is 14.2 Å². The van der Waals surface area contributed by atoms with Crippen molar-refractivity contribution in [3.05, 3.63) is 23.3 Å². The summed E-state index contributed by atoms with van der Waals surface area (Å²) in [6.07, 6.45) is 4.82. The number of rotatable bonds is 3. The van der Waals surface area contributed by atoms with Gasteiger partial charge in [-0.1, -0.05) is 6.92 Å². The number of benzene rings is 1. The summed E-state index contributed by atoms with van der Waals surface area (Å²) in [6, 6.07) is 4.06. The molecule has 0 N–H and O–H groups in total. The molecule has 0 aromatic heterocycles. The summed E-state index contributed by atoms with van der Waals surface area (Å²) in [7, 11) is 3.50. The fourth-order valence-corrected chi connectivity index (χ4v) is 2.78. The molecule has 2 rings (SSSR count). The van der Waals surface area contributed by atoms with Crippen LogP contribution in [0.25, 0.3) is 0 Å². The van der Waals surface area contributed by atoms with Crippen LogP contribution in [0.15, 0.2) is 12.1 Å². The van der Waals surface area contributed by atoms with Crippen LogP contribution in [0.4, 0.5) is 0 Å². The van der Waals surface area contributed by atoms with Gasteiger partial charge in [-0.15, -0.1) is 0 Å². The molecule has 0 fully saturated rings. The van der Waals surface area contributed by atoms with Crippen LogP contribution in [0, 0.1) is 0 Å². The van der Waals surface area contributed by atoms with Gasteiger partial charge in [-0.2, -0.15) is 0 Å². The van der Waals surface area contributed by atoms with Gasteiger partial charge in [0.1, 0.15) is 11.5 Å². The highest BCUT2D eigenvalue weighted by Crippen LogP contribution is 2.43. The first-order valence-corrected chi connectivity index (χ1v) is 6.05. The van der Waals surface area contributed by atoms with Crippen LogP contribution in [0.5, 0.6) is 11.5 Å². The summed E-state index contributed by atoms with van der Waals surface area (Å²) in [4.78, 5) is 0. The van der Waals surface area contributed by atoms with Crippen LogP contribution in [-0.2, 0) is 6.42 Å². The highest BCUT2D eigenvalue weighted by atomic mass is 16.5. The Kier molecular flexibility index (Phi) is 3.37. The van der Waals surface area contributed by atoms with Gasteiger partial charge in [0.2, 0.25) is 0 Å². The number of ether oxygens (including phenoxy) is 2. The minimum atomic E-state index is 0.633. The molecule has 0 spiro atoms. The first-order chi connectivity index (χ1) is 7.81. The molecule has 2 nitrogen and oxygen atoms in total. The predicted molar refractivity (Wildman–Crippen MR) is 65.5 cm³/mol. The Labute approximate surface area is 97.6 Å². The van der Waals surface area contributed by atoms with E-state index in [0.29, 0.717) is 5.92 Å². The van der Waals surface area contributed by atoms with E-state index < -0.39 is 0 Å². The first kappa shape index (κ1) is 11.3. The molecule has 1 aliphatic rings. The predicted octanol–water partition coefficient (Wildman–Crippen LogP) is 3.53. The lowest BCUT2D eigenvalue weighted by Gasteiger charge is -2.27. The van der Waals surface area contributed by atoms with E-state index in [1.165, 1.54) is 30.4 Å². The van der Waals surface area contributed by atoms with Crippen molar-refractivity contribution in [1.82, 2.24) is 0 Å². The monoisotopic (exact) mass is 220 g/mol. The van der Waals surface area contributed by atoms with Gasteiger partial charge in [0, 0.05) is 11.1 Å². The highest BCUT2D eigenvalue weighted by molar-refractivity contribution is 5.51. The Bertz CT molecular complexity index is 371. The van der Waals surface area contributed by atoms with E-state index in [0.717, 1.165) is 17.9 Å². The summed E-state index contributed by atoms with van der Waals surface area (Å²) < 4.78 is 10.9. The van der Waals surface area contributed by atoms with Crippen molar-refractivity contribution in [2.45, 2.75) is 38.5 Å². The van der Waals surface area contributed by atoms with Crippen molar-refractivity contribution >= 4 is 0 Å². The summed E-state index contributed by atoms with van der Waals surface area (Å²) in [5.41, 5.74) is 2.75. The normalized spacial score (nSPS) is 19.1. The van der Waals surface area contributed by atoms with Crippen LogP contribution < -0.4 is 9.47 Å². The molecule has 0 saturated carbocycles. The molecule has 0 radical (unpaired) electrons. The standard InChI is InChI=1S/C14H20O2/c1-4-10-6-5-7-11-12(15-2)8-9-13(16-3)14(10)11/h8-10H,4-7H2,1-3H3. The molecule has 1 aromatic rings. The number of fused-ring (bicyclic) bond motifs is 1. The molecule has 1 aliphatic carbocycles. The van der Waals surface area contributed by atoms with Gasteiger partial charge >= 0.3 is 0 Å². The van der Waals surface area contributed by atoms with Crippen LogP contribution in [0.3, 0.4) is 0 Å². The number of hydrogen-bond donors (Lipinski definition) is 0. The van der Waals surface area contributed by atoms with Crippen LogP contribution >= 0.6 is 0 Å². The molecule has 0 saturated heterocycles. The second kappa shape index (κ2) is 4.77. The topological polar surface area (TPSA) is 18.5 Å². The quantitative estimate of drug-likeness (QED) is 0.775. The van der Waals surface area contributed by atoms with Gasteiger partial charge in [-0.05, 0) is 43.7 Å². The van der Waals surface area contributed by atoms with Crippen molar-refractivity contribution in [2.75, 3.05) is 14.2 Å². The zero-order chi connectivity index (χ0) is 11.5. The highest BCUT2D eigenvalue weighted by Gasteiger charge is 2.25. The Balaban J connectivity index is 2.54. The van der Waals surface area contributed by atoms with Gasteiger partial charge in [0.05, 0.1) is 14.2 Å². The molecular formula is C14H20O2. The molecular weight excluding hydrogens is 200 g/mol. The second-order valence-electron chi connectivity index (χ2n) is 4.36. The molecule has 1 aromatic carbocycles. The average molecular weight is 220 g/mol. The minimum absolute atomic E-state index is 0.633. The molecule has 2 heteroatoms. The summed E-state index contributed by atoms with van der Waals surface area (Å²) in [6.45, 7) is 2.25. The van der Waals surface area contributed by atoms with E-state index in [1.807, 2.05) is 12.1 Å². The van der Waals surface area contributed by atoms with Crippen LogP contribution in [-0.4, -0.2) is 14.2 Å². The third-order valence-corrected chi connectivity index (χ3v) is 3.59. The minimum Gasteiger partial charge on any atom is -0.496 e. The van der Waals surface area contributed by atoms with Crippen LogP contribution in [0.2, 0.25) is 0 Å². The molecule has 0 amide bonds. The lowest BCUT2D eigenvalue weighted by molar-refractivity contribution is 0.379. The maximum Gasteiger partial charge on any atom is 0.122 e. The fourth-order valence-electron chi connectivity index (χ4n) is 2.78. The lowest BCUT2D eigenvalue weighted by atomic mass is 9.80. The van der Waals surface area contributed by atoms with Gasteiger partial charge in [-0.3, -0.25) is 0 Å². The lowest BCUT2D eigenvalue weighted by Crippen LogP contribution is -2.12. The average Bonchev–Trinajstić information content (AvgIpc) is 2.36. The molecule has 1 unspecified atom stereocenters. The molecule has 0 heterocycles. The van der Waals surface area contributed by atoms with Crippen molar-refractivity contribution in [3.63, 3.8) is 0 Å². The molecule has 0 aliphatic heterocycles. The Hall–Kier alpha value is -1.18. The van der Waals surface area contributed by atoms with Gasteiger partial charge < -0.3 is 9.47 Å². The van der Waals surface area contributed by atoms with E-state index in [9.17, 15) is 0 Å². The molecule has 0 bridgehead atoms. The van der Waals surface area contributed by atoms with Gasteiger partial charge in [-0.25, -0.2) is 0 Å². The Morgan fingerprint density at radius 3 is 2.50 bits per heavy atom. The maximum absolute atomic E-state index is 5.49. The zero-order valence-corrected chi connectivity index (χ0v) is 10.4. The zero-order valence-electron chi connectivity index (χ0n) is 10.4. The van der Waals surface area contributed by atoms with E-state index in [4.69, 9.17) is 9.47 Å². The third kappa shape index (κ3) is 1.77. The fraction of sp³-hybridized carbons (Fsp3) is 0.571. The van der Waals surface area contributed by atoms with Gasteiger partial charge in [0.25, 0.3) is 0 Å². The smallest absolute Gasteiger partial charge is 0.122 e. The molecule has 88 valence electrons. The second-order valence-corrected chi connectivity index (χ2v) is 4.36. The van der Waals surface area contributed by atoms with Crippen LogP contribution in [0.1, 0.15) is 43.2 Å². The van der Waals surface area contributed by atoms with E-state index in [-0.39, 0.29) is 0 Å². The summed E-state index contributed by atoms with van der Waals surface area (Å²) >= 11 is 0. The SMILES string of the molecule is CCC1CCCc2c(OC)ccc(OC)c21. The Morgan fingerprint density at radius 1 is 1.19 bits per heavy atom. The van der Waals surface area contributed by atoms with Crippen molar-refractivity contribution in [2.24, 2.45) is 0 Å². The number of hydrogen-bond acceptors (Lipinski definition) is 2. The number of methoxy groups -OCH3 is 2. The van der Waals surface area contributed by atoms with Crippen molar-refractivity contribution in [1.29, 1.82) is 0 Å². The van der Waals surface area contributed by atoms with E-state index in [2.05, 4.69) is 6.92 Å². The van der Waals surface area contributed by atoms with Crippen molar-refractivity contribution < 1.29 is 9.47 Å². The summed E-state index contributed by atoms with van der Waals surface area (Å²) in [5, 5.41) is 0. The summed E-state index contributed by atoms with van der Waals surface area (Å²) in [5.74, 6) is 2.69. The Morgan fingerprint density at radius 2 is 1.88 bits per heavy atom. The third-order valence-electron chi connectivity index (χ3n) is 3.59. The van der Waals surface area contributed by atoms with Gasteiger partial charge in [0.15, 0.2) is 0 Å².